The highest BCUT2D eigenvalue weighted by Gasteiger charge is 2.26. The lowest BCUT2D eigenvalue weighted by Crippen LogP contribution is -2.34. The Labute approximate surface area is 253 Å². The number of thiophene rings is 1. The van der Waals surface area contributed by atoms with Gasteiger partial charge in [-0.2, -0.15) is 0 Å². The van der Waals surface area contributed by atoms with Gasteiger partial charge in [-0.1, -0.05) is 29.8 Å². The molecule has 0 radical (unpaired) electrons. The molecule has 0 saturated carbocycles. The lowest BCUT2D eigenvalue weighted by Gasteiger charge is -2.27. The number of anilines is 1. The van der Waals surface area contributed by atoms with Crippen molar-refractivity contribution in [2.45, 2.75) is 38.8 Å². The molecule has 0 unspecified atom stereocenters. The standard InChI is InChI=1S/C31H33ClN6O3S/c32-22-7-9-23(10-8-22)37-31(41)36-18-26-29(30(33)40)24-12-15-38(19-27(24)42-26)14-3-13-34-28(39)11-6-20-16-21-4-1-2-5-25(21)35-17-20/h1-2,4-5,7-10,16-17H,3,6,11-15,18-19H2,(H2,33,40)(H,34,39)(H2,36,37,41). The summed E-state index contributed by atoms with van der Waals surface area (Å²) in [5.41, 5.74) is 9.87. The topological polar surface area (TPSA) is 129 Å². The zero-order valence-corrected chi connectivity index (χ0v) is 24.7. The third-order valence-electron chi connectivity index (χ3n) is 7.23. The number of primary amides is 1. The summed E-state index contributed by atoms with van der Waals surface area (Å²) in [4.78, 5) is 45.7. The average Bonchev–Trinajstić information content (AvgIpc) is 3.36. The maximum absolute atomic E-state index is 12.4. The van der Waals surface area contributed by atoms with Crippen molar-refractivity contribution in [3.63, 3.8) is 0 Å². The summed E-state index contributed by atoms with van der Waals surface area (Å²) in [6.07, 6.45) is 4.46. The van der Waals surface area contributed by atoms with E-state index >= 15 is 0 Å². The van der Waals surface area contributed by atoms with Gasteiger partial charge in [0, 0.05) is 64.6 Å². The van der Waals surface area contributed by atoms with Crippen LogP contribution in [-0.2, 0) is 30.7 Å². The number of nitrogens with two attached hydrogens (primary N) is 1. The predicted octanol–water partition coefficient (Wildman–Crippen LogP) is 4.87. The number of fused-ring (bicyclic) bond motifs is 2. The van der Waals surface area contributed by atoms with Gasteiger partial charge in [0.1, 0.15) is 0 Å². The largest absolute Gasteiger partial charge is 0.366 e. The minimum Gasteiger partial charge on any atom is -0.366 e. The summed E-state index contributed by atoms with van der Waals surface area (Å²) in [5.74, 6) is -0.441. The van der Waals surface area contributed by atoms with Gasteiger partial charge in [0.2, 0.25) is 11.8 Å². The molecule has 0 bridgehead atoms. The van der Waals surface area contributed by atoms with Crippen LogP contribution in [0.4, 0.5) is 10.5 Å². The fourth-order valence-corrected chi connectivity index (χ4v) is 6.58. The summed E-state index contributed by atoms with van der Waals surface area (Å²) in [6.45, 7) is 3.15. The number of urea groups is 1. The number of hydrogen-bond acceptors (Lipinski definition) is 6. The van der Waals surface area contributed by atoms with Crippen molar-refractivity contribution in [1.29, 1.82) is 0 Å². The first-order valence-corrected chi connectivity index (χ1v) is 15.1. The number of amides is 4. The Hall–Kier alpha value is -3.99. The van der Waals surface area contributed by atoms with Crippen LogP contribution in [0.3, 0.4) is 0 Å². The Morgan fingerprint density at radius 2 is 1.88 bits per heavy atom. The number of rotatable bonds is 11. The molecule has 42 heavy (non-hydrogen) atoms. The molecule has 9 nitrogen and oxygen atoms in total. The highest BCUT2D eigenvalue weighted by atomic mass is 35.5. The zero-order valence-electron chi connectivity index (χ0n) is 23.1. The molecule has 0 spiro atoms. The SMILES string of the molecule is NC(=O)c1c(CNC(=O)Nc2ccc(Cl)cc2)sc2c1CCN(CCCNC(=O)CCc1cnc3ccccc3c1)C2. The number of para-hydroxylation sites is 1. The lowest BCUT2D eigenvalue weighted by atomic mass is 10.0. The molecule has 5 rings (SSSR count). The molecule has 4 amide bonds. The number of pyridine rings is 1. The summed E-state index contributed by atoms with van der Waals surface area (Å²) in [6, 6.07) is 16.5. The lowest BCUT2D eigenvalue weighted by molar-refractivity contribution is -0.121. The van der Waals surface area contributed by atoms with Gasteiger partial charge in [-0.3, -0.25) is 19.5 Å². The van der Waals surface area contributed by atoms with Gasteiger partial charge in [-0.15, -0.1) is 11.3 Å². The number of aryl methyl sites for hydroxylation is 1. The zero-order chi connectivity index (χ0) is 29.5. The molecule has 4 aromatic rings. The number of hydrogen-bond donors (Lipinski definition) is 4. The van der Waals surface area contributed by atoms with Crippen LogP contribution in [0.2, 0.25) is 5.02 Å². The maximum Gasteiger partial charge on any atom is 0.319 e. The maximum atomic E-state index is 12.4. The van der Waals surface area contributed by atoms with Crippen molar-refractivity contribution in [2.75, 3.05) is 25.0 Å². The van der Waals surface area contributed by atoms with Crippen LogP contribution in [0.5, 0.6) is 0 Å². The van der Waals surface area contributed by atoms with Gasteiger partial charge >= 0.3 is 6.03 Å². The van der Waals surface area contributed by atoms with E-state index in [1.54, 1.807) is 24.3 Å². The monoisotopic (exact) mass is 604 g/mol. The second-order valence-electron chi connectivity index (χ2n) is 10.2. The van der Waals surface area contributed by atoms with E-state index in [9.17, 15) is 14.4 Å². The molecule has 2 aromatic carbocycles. The van der Waals surface area contributed by atoms with Gasteiger partial charge in [-0.05, 0) is 66.8 Å². The molecule has 218 valence electrons. The number of carbonyl (C=O) groups is 3. The number of nitrogens with zero attached hydrogens (tertiary/aromatic N) is 2. The first-order chi connectivity index (χ1) is 20.4. The Balaban J connectivity index is 1.06. The highest BCUT2D eigenvalue weighted by Crippen LogP contribution is 2.33. The van der Waals surface area contributed by atoms with Crippen LogP contribution < -0.4 is 21.7 Å². The summed E-state index contributed by atoms with van der Waals surface area (Å²) in [7, 11) is 0. The van der Waals surface area contributed by atoms with Gasteiger partial charge in [0.15, 0.2) is 0 Å². The van der Waals surface area contributed by atoms with E-state index in [1.165, 1.54) is 11.3 Å². The van der Waals surface area contributed by atoms with Crippen LogP contribution in [0.1, 0.15) is 44.1 Å². The Kier molecular flexibility index (Phi) is 9.68. The Bertz CT molecular complexity index is 1590. The molecule has 1 aliphatic rings. The number of nitrogens with one attached hydrogen (secondary N) is 3. The van der Waals surface area contributed by atoms with Crippen molar-refractivity contribution >= 4 is 57.4 Å². The van der Waals surface area contributed by atoms with Gasteiger partial charge in [0.05, 0.1) is 17.6 Å². The second-order valence-corrected chi connectivity index (χ2v) is 11.9. The van der Waals surface area contributed by atoms with E-state index in [1.807, 2.05) is 30.5 Å². The second kappa shape index (κ2) is 13.8. The highest BCUT2D eigenvalue weighted by molar-refractivity contribution is 7.12. The van der Waals surface area contributed by atoms with E-state index in [0.29, 0.717) is 48.6 Å². The minimum atomic E-state index is -0.474. The van der Waals surface area contributed by atoms with Crippen LogP contribution in [-0.4, -0.2) is 47.4 Å². The third kappa shape index (κ3) is 7.64. The van der Waals surface area contributed by atoms with Crippen molar-refractivity contribution in [3.8, 4) is 0 Å². The van der Waals surface area contributed by atoms with E-state index in [0.717, 1.165) is 51.3 Å². The van der Waals surface area contributed by atoms with Crippen LogP contribution in [0.15, 0.2) is 60.8 Å². The molecule has 0 atom stereocenters. The molecule has 1 aliphatic heterocycles. The summed E-state index contributed by atoms with van der Waals surface area (Å²) in [5, 5.41) is 10.3. The van der Waals surface area contributed by atoms with Crippen molar-refractivity contribution in [1.82, 2.24) is 20.5 Å². The molecule has 0 aliphatic carbocycles. The van der Waals surface area contributed by atoms with Crippen LogP contribution in [0.25, 0.3) is 10.9 Å². The van der Waals surface area contributed by atoms with Crippen molar-refractivity contribution < 1.29 is 14.4 Å². The van der Waals surface area contributed by atoms with Gasteiger partial charge in [-0.25, -0.2) is 4.79 Å². The number of benzene rings is 2. The summed E-state index contributed by atoms with van der Waals surface area (Å²) < 4.78 is 0. The molecule has 11 heteroatoms. The Morgan fingerprint density at radius 1 is 1.07 bits per heavy atom. The molecular weight excluding hydrogens is 572 g/mol. The third-order valence-corrected chi connectivity index (χ3v) is 8.70. The summed E-state index contributed by atoms with van der Waals surface area (Å²) >= 11 is 7.41. The fourth-order valence-electron chi connectivity index (χ4n) is 5.11. The van der Waals surface area contributed by atoms with Crippen LogP contribution >= 0.6 is 22.9 Å². The van der Waals surface area contributed by atoms with E-state index in [2.05, 4.69) is 31.9 Å². The molecule has 0 saturated heterocycles. The fraction of sp³-hybridized carbons (Fsp3) is 0.290. The molecule has 5 N–H and O–H groups in total. The average molecular weight is 605 g/mol. The number of carbonyl (C=O) groups excluding carboxylic acids is 3. The molecule has 2 aromatic heterocycles. The van der Waals surface area contributed by atoms with E-state index in [-0.39, 0.29) is 18.5 Å². The normalized spacial score (nSPS) is 13.0. The Morgan fingerprint density at radius 3 is 2.69 bits per heavy atom. The molecule has 0 fully saturated rings. The smallest absolute Gasteiger partial charge is 0.319 e. The predicted molar refractivity (Wildman–Crippen MR) is 167 cm³/mol. The van der Waals surface area contributed by atoms with Gasteiger partial charge < -0.3 is 21.7 Å². The van der Waals surface area contributed by atoms with E-state index in [4.69, 9.17) is 17.3 Å². The van der Waals surface area contributed by atoms with E-state index < -0.39 is 5.91 Å². The van der Waals surface area contributed by atoms with Crippen molar-refractivity contribution in [2.24, 2.45) is 5.73 Å². The van der Waals surface area contributed by atoms with Gasteiger partial charge in [0.25, 0.3) is 0 Å². The molecular formula is C31H33ClN6O3S. The molecule has 3 heterocycles. The number of aromatic nitrogens is 1. The minimum absolute atomic E-state index is 0.0330. The first kappa shape index (κ1) is 29.5. The van der Waals surface area contributed by atoms with Crippen molar-refractivity contribution in [3.05, 3.63) is 92.3 Å². The quantitative estimate of drug-likeness (QED) is 0.182. The number of halogens is 1. The first-order valence-electron chi connectivity index (χ1n) is 13.9. The van der Waals surface area contributed by atoms with Crippen LogP contribution in [0, 0.1) is 0 Å².